The van der Waals surface area contributed by atoms with E-state index in [1.165, 1.54) is 24.3 Å². The van der Waals surface area contributed by atoms with Crippen molar-refractivity contribution in [2.24, 2.45) is 0 Å². The number of carbonyl (C=O) groups is 2. The summed E-state index contributed by atoms with van der Waals surface area (Å²) >= 11 is 0. The third kappa shape index (κ3) is 4.23. The van der Waals surface area contributed by atoms with Crippen LogP contribution in [0.5, 0.6) is 0 Å². The van der Waals surface area contributed by atoms with Gasteiger partial charge in [0.2, 0.25) is 0 Å². The summed E-state index contributed by atoms with van der Waals surface area (Å²) < 4.78 is 0. The van der Waals surface area contributed by atoms with Crippen LogP contribution in [0.4, 0.5) is 0 Å². The van der Waals surface area contributed by atoms with E-state index in [4.69, 9.17) is 0 Å². The van der Waals surface area contributed by atoms with Gasteiger partial charge in [-0.15, -0.1) is 0 Å². The van der Waals surface area contributed by atoms with Gasteiger partial charge in [0, 0.05) is 23.5 Å². The number of hydrogen-bond donors (Lipinski definition) is 0. The fourth-order valence-corrected chi connectivity index (χ4v) is 1.33. The Hall–Kier alpha value is -1.57. The first-order chi connectivity index (χ1) is 8.58. The maximum Gasteiger partial charge on any atom is 1.00 e. The number of aromatic carboxylic acids is 2. The van der Waals surface area contributed by atoms with Crippen molar-refractivity contribution in [1.82, 2.24) is 9.97 Å². The van der Waals surface area contributed by atoms with Crippen molar-refractivity contribution < 1.29 is 57.5 Å². The molecule has 2 rings (SSSR count). The van der Waals surface area contributed by atoms with Crippen LogP contribution >= 0.6 is 0 Å². The van der Waals surface area contributed by atoms with Gasteiger partial charge in [0.05, 0.1) is 23.3 Å². The minimum atomic E-state index is -1.31. The van der Waals surface area contributed by atoms with Crippen LogP contribution in [0.2, 0.25) is 0 Å². The summed E-state index contributed by atoms with van der Waals surface area (Å²) in [5, 5.41) is 21.1. The molecular formula is C12H6Li2N2O4. The maximum absolute atomic E-state index is 10.5. The molecule has 2 aromatic heterocycles. The van der Waals surface area contributed by atoms with E-state index in [2.05, 4.69) is 9.97 Å². The molecule has 0 bridgehead atoms. The van der Waals surface area contributed by atoms with Crippen molar-refractivity contribution in [3.63, 3.8) is 0 Å². The second-order valence-electron chi connectivity index (χ2n) is 3.44. The molecule has 0 aliphatic heterocycles. The van der Waals surface area contributed by atoms with E-state index >= 15 is 0 Å². The summed E-state index contributed by atoms with van der Waals surface area (Å²) in [6, 6.07) is 5.61. The third-order valence-corrected chi connectivity index (χ3v) is 2.26. The van der Waals surface area contributed by atoms with Crippen LogP contribution in [0.1, 0.15) is 20.7 Å². The summed E-state index contributed by atoms with van der Waals surface area (Å²) in [6.07, 6.45) is 2.30. The Labute approximate surface area is 138 Å². The molecule has 0 saturated heterocycles. The van der Waals surface area contributed by atoms with Crippen LogP contribution < -0.4 is 47.9 Å². The molecule has 20 heavy (non-hydrogen) atoms. The quantitative estimate of drug-likeness (QED) is 0.505. The molecule has 2 aromatic rings. The molecule has 8 heteroatoms. The molecule has 90 valence electrons. The molecule has 0 amide bonds. The molecule has 0 aliphatic rings. The van der Waals surface area contributed by atoms with E-state index in [1.54, 1.807) is 0 Å². The number of carbonyl (C=O) groups excluding carboxylic acids is 2. The number of rotatable bonds is 3. The Morgan fingerprint density at radius 1 is 0.750 bits per heavy atom. The van der Waals surface area contributed by atoms with Gasteiger partial charge in [-0.2, -0.15) is 0 Å². The molecule has 0 aliphatic carbocycles. The van der Waals surface area contributed by atoms with Crippen molar-refractivity contribution in [2.45, 2.75) is 0 Å². The summed E-state index contributed by atoms with van der Waals surface area (Å²) in [5.74, 6) is -2.62. The van der Waals surface area contributed by atoms with Crippen LogP contribution in [-0.2, 0) is 0 Å². The van der Waals surface area contributed by atoms with Crippen molar-refractivity contribution in [3.8, 4) is 11.4 Å². The normalized spacial score (nSPS) is 9.00. The van der Waals surface area contributed by atoms with Crippen LogP contribution in [0, 0.1) is 0 Å². The Morgan fingerprint density at radius 3 is 1.30 bits per heavy atom. The Bertz CT molecular complexity index is 544. The zero-order valence-corrected chi connectivity index (χ0v) is 11.0. The second-order valence-corrected chi connectivity index (χ2v) is 3.44. The second kappa shape index (κ2) is 7.89. The van der Waals surface area contributed by atoms with E-state index in [1.807, 2.05) is 0 Å². The smallest absolute Gasteiger partial charge is 0.545 e. The van der Waals surface area contributed by atoms with Gasteiger partial charge in [0.1, 0.15) is 0 Å². The number of hydrogen-bond acceptors (Lipinski definition) is 6. The van der Waals surface area contributed by atoms with Crippen LogP contribution in [0.25, 0.3) is 11.4 Å². The Morgan fingerprint density at radius 2 is 1.10 bits per heavy atom. The zero-order valence-electron chi connectivity index (χ0n) is 11.0. The fourth-order valence-electron chi connectivity index (χ4n) is 1.33. The average Bonchev–Trinajstić information content (AvgIpc) is 2.39. The molecule has 0 aromatic carbocycles. The van der Waals surface area contributed by atoms with Crippen molar-refractivity contribution >= 4 is 11.9 Å². The van der Waals surface area contributed by atoms with Crippen LogP contribution in [0.15, 0.2) is 36.7 Å². The molecule has 2 heterocycles. The van der Waals surface area contributed by atoms with Crippen molar-refractivity contribution in [2.75, 3.05) is 0 Å². The van der Waals surface area contributed by atoms with E-state index in [9.17, 15) is 19.8 Å². The fraction of sp³-hybridized carbons (Fsp3) is 0. The molecule has 0 N–H and O–H groups in total. The van der Waals surface area contributed by atoms with Gasteiger partial charge in [-0.25, -0.2) is 0 Å². The monoisotopic (exact) mass is 256 g/mol. The van der Waals surface area contributed by atoms with Gasteiger partial charge in [-0.05, 0) is 24.3 Å². The maximum atomic E-state index is 10.5. The van der Waals surface area contributed by atoms with Crippen molar-refractivity contribution in [1.29, 1.82) is 0 Å². The number of carboxylic acid groups (broad SMARTS) is 2. The van der Waals surface area contributed by atoms with E-state index in [0.29, 0.717) is 11.4 Å². The standard InChI is InChI=1S/C12H8N2O4.2Li/c15-11(16)7-1-3-9(13-5-7)10-4-2-8(6-14-10)12(17)18;;/h1-6H,(H,15,16)(H,17,18);;/q;2*+1/p-2. The van der Waals surface area contributed by atoms with Crippen LogP contribution in [0.3, 0.4) is 0 Å². The first-order valence-electron chi connectivity index (χ1n) is 4.93. The summed E-state index contributed by atoms with van der Waals surface area (Å²) in [7, 11) is 0. The SMILES string of the molecule is O=C([O-])c1ccc(-c2ccc(C(=O)[O-])cn2)nc1.[Li+].[Li+]. The van der Waals surface area contributed by atoms with E-state index in [-0.39, 0.29) is 48.8 Å². The summed E-state index contributed by atoms with van der Waals surface area (Å²) in [4.78, 5) is 28.9. The Kier molecular flexibility index (Phi) is 7.27. The molecular weight excluding hydrogens is 250 g/mol. The van der Waals surface area contributed by atoms with E-state index in [0.717, 1.165) is 12.4 Å². The number of aromatic nitrogens is 2. The molecule has 0 saturated carbocycles. The van der Waals surface area contributed by atoms with Gasteiger partial charge in [-0.1, -0.05) is 0 Å². The molecule has 0 unspecified atom stereocenters. The first kappa shape index (κ1) is 18.4. The first-order valence-corrected chi connectivity index (χ1v) is 4.93. The van der Waals surface area contributed by atoms with Gasteiger partial charge >= 0.3 is 37.7 Å². The molecule has 6 nitrogen and oxygen atoms in total. The number of carboxylic acids is 2. The number of nitrogens with zero attached hydrogens (tertiary/aromatic N) is 2. The minimum absolute atomic E-state index is 0. The minimum Gasteiger partial charge on any atom is -0.545 e. The number of pyridine rings is 2. The molecule has 0 atom stereocenters. The molecule has 0 fully saturated rings. The predicted molar refractivity (Wildman–Crippen MR) is 56.1 cm³/mol. The average molecular weight is 256 g/mol. The van der Waals surface area contributed by atoms with Gasteiger partial charge < -0.3 is 19.8 Å². The third-order valence-electron chi connectivity index (χ3n) is 2.26. The molecule has 0 radical (unpaired) electrons. The zero-order chi connectivity index (χ0) is 13.1. The van der Waals surface area contributed by atoms with E-state index < -0.39 is 11.9 Å². The largest absolute Gasteiger partial charge is 1.00 e. The Balaban J connectivity index is 0.00000180. The van der Waals surface area contributed by atoms with Crippen molar-refractivity contribution in [3.05, 3.63) is 47.8 Å². The van der Waals surface area contributed by atoms with Crippen LogP contribution in [-0.4, -0.2) is 21.9 Å². The summed E-state index contributed by atoms with van der Waals surface area (Å²) in [5.41, 5.74) is 0.796. The van der Waals surface area contributed by atoms with Gasteiger partial charge in [0.25, 0.3) is 0 Å². The summed E-state index contributed by atoms with van der Waals surface area (Å²) in [6.45, 7) is 0. The predicted octanol–water partition coefficient (Wildman–Crippen LogP) is -7.12. The van der Waals surface area contributed by atoms with Gasteiger partial charge in [-0.3, -0.25) is 9.97 Å². The molecule has 0 spiro atoms. The van der Waals surface area contributed by atoms with Gasteiger partial charge in [0.15, 0.2) is 0 Å². The topological polar surface area (TPSA) is 106 Å².